The van der Waals surface area contributed by atoms with Crippen molar-refractivity contribution < 1.29 is 13.2 Å². The summed E-state index contributed by atoms with van der Waals surface area (Å²) in [4.78, 5) is 11.6. The van der Waals surface area contributed by atoms with Gasteiger partial charge in [0.05, 0.1) is 6.26 Å². The number of carbonyl (C=O) groups excluding carboxylic acids is 1. The lowest BCUT2D eigenvalue weighted by Crippen LogP contribution is -2.50. The second-order valence-corrected chi connectivity index (χ2v) is 7.33. The molecule has 0 aromatic rings. The van der Waals surface area contributed by atoms with Crippen molar-refractivity contribution in [1.82, 2.24) is 9.62 Å². The Labute approximate surface area is 115 Å². The number of hydrogen-bond acceptors (Lipinski definition) is 4. The Balaban J connectivity index is 2.18. The maximum atomic E-state index is 11.6. The van der Waals surface area contributed by atoms with Crippen molar-refractivity contribution in [3.05, 3.63) is 0 Å². The molecule has 3 N–H and O–H groups in total. The zero-order valence-electron chi connectivity index (χ0n) is 11.8. The van der Waals surface area contributed by atoms with E-state index >= 15 is 0 Å². The number of amides is 1. The maximum Gasteiger partial charge on any atom is 0.221 e. The lowest BCUT2D eigenvalue weighted by molar-refractivity contribution is -0.123. The zero-order chi connectivity index (χ0) is 14.5. The average Bonchev–Trinajstić information content (AvgIpc) is 2.25. The van der Waals surface area contributed by atoms with Crippen LogP contribution in [0, 0.1) is 0 Å². The van der Waals surface area contributed by atoms with Crippen LogP contribution in [0.25, 0.3) is 0 Å². The number of sulfonamides is 1. The molecule has 0 radical (unpaired) electrons. The van der Waals surface area contributed by atoms with Crippen molar-refractivity contribution in [1.29, 1.82) is 0 Å². The van der Waals surface area contributed by atoms with Gasteiger partial charge in [-0.25, -0.2) is 12.7 Å². The fourth-order valence-corrected chi connectivity index (χ4v) is 3.16. The van der Waals surface area contributed by atoms with Crippen LogP contribution in [-0.2, 0) is 14.8 Å². The summed E-state index contributed by atoms with van der Waals surface area (Å²) < 4.78 is 24.1. The van der Waals surface area contributed by atoms with Crippen LogP contribution in [0.1, 0.15) is 39.0 Å². The molecule has 0 aromatic carbocycles. The van der Waals surface area contributed by atoms with Crippen molar-refractivity contribution in [2.24, 2.45) is 5.73 Å². The van der Waals surface area contributed by atoms with E-state index in [1.54, 1.807) is 6.92 Å². The molecule has 0 atom stereocenters. The maximum absolute atomic E-state index is 11.6. The monoisotopic (exact) mass is 291 g/mol. The van der Waals surface area contributed by atoms with Gasteiger partial charge in [-0.3, -0.25) is 4.79 Å². The summed E-state index contributed by atoms with van der Waals surface area (Å²) in [5.41, 5.74) is 5.69. The SMILES string of the molecule is CCN(CCCNC(=O)CC1(N)CCC1)S(C)(=O)=O. The fraction of sp³-hybridized carbons (Fsp3) is 0.917. The average molecular weight is 291 g/mol. The Kier molecular flexibility index (Phi) is 5.76. The number of nitrogens with one attached hydrogen (secondary N) is 1. The van der Waals surface area contributed by atoms with Crippen LogP contribution in [0.2, 0.25) is 0 Å². The normalized spacial score (nSPS) is 18.1. The molecule has 0 aliphatic heterocycles. The highest BCUT2D eigenvalue weighted by Gasteiger charge is 2.34. The highest BCUT2D eigenvalue weighted by atomic mass is 32.2. The molecule has 1 saturated carbocycles. The lowest BCUT2D eigenvalue weighted by Gasteiger charge is -2.37. The number of carbonyl (C=O) groups is 1. The Morgan fingerprint density at radius 3 is 2.47 bits per heavy atom. The predicted molar refractivity (Wildman–Crippen MR) is 75.1 cm³/mol. The number of hydrogen-bond donors (Lipinski definition) is 2. The molecule has 1 rings (SSSR count). The van der Waals surface area contributed by atoms with E-state index in [-0.39, 0.29) is 11.4 Å². The minimum atomic E-state index is -3.14. The van der Waals surface area contributed by atoms with Gasteiger partial charge in [0.25, 0.3) is 0 Å². The summed E-state index contributed by atoms with van der Waals surface area (Å²) in [5.74, 6) is -0.0374. The minimum absolute atomic E-state index is 0.0374. The highest BCUT2D eigenvalue weighted by molar-refractivity contribution is 7.88. The highest BCUT2D eigenvalue weighted by Crippen LogP contribution is 2.31. The lowest BCUT2D eigenvalue weighted by atomic mass is 9.75. The molecular formula is C12H25N3O3S. The van der Waals surface area contributed by atoms with E-state index < -0.39 is 10.0 Å². The molecule has 1 aliphatic carbocycles. The first-order valence-corrected chi connectivity index (χ1v) is 8.62. The van der Waals surface area contributed by atoms with Crippen molar-refractivity contribution in [3.63, 3.8) is 0 Å². The third-order valence-electron chi connectivity index (χ3n) is 3.59. The zero-order valence-corrected chi connectivity index (χ0v) is 12.6. The number of nitrogens with zero attached hydrogens (tertiary/aromatic N) is 1. The van der Waals surface area contributed by atoms with Gasteiger partial charge < -0.3 is 11.1 Å². The summed E-state index contributed by atoms with van der Waals surface area (Å²) in [6.07, 6.45) is 5.12. The third kappa shape index (κ3) is 5.46. The van der Waals surface area contributed by atoms with E-state index in [1.807, 2.05) is 0 Å². The van der Waals surface area contributed by atoms with E-state index in [0.29, 0.717) is 32.5 Å². The Hall–Kier alpha value is -0.660. The first-order chi connectivity index (χ1) is 8.77. The van der Waals surface area contributed by atoms with Crippen LogP contribution in [0.3, 0.4) is 0 Å². The van der Waals surface area contributed by atoms with Gasteiger partial charge in [-0.15, -0.1) is 0 Å². The largest absolute Gasteiger partial charge is 0.356 e. The van der Waals surface area contributed by atoms with Gasteiger partial charge in [-0.2, -0.15) is 0 Å². The van der Waals surface area contributed by atoms with Crippen LogP contribution in [-0.4, -0.2) is 50.1 Å². The van der Waals surface area contributed by atoms with Crippen molar-refractivity contribution >= 4 is 15.9 Å². The summed E-state index contributed by atoms with van der Waals surface area (Å²) in [5, 5.41) is 2.80. The Morgan fingerprint density at radius 2 is 2.05 bits per heavy atom. The molecule has 0 bridgehead atoms. The molecule has 0 spiro atoms. The standard InChI is InChI=1S/C12H25N3O3S/c1-3-15(19(2,17)18)9-5-8-14-11(16)10-12(13)6-4-7-12/h3-10,13H2,1-2H3,(H,14,16). The Morgan fingerprint density at radius 1 is 1.42 bits per heavy atom. The van der Waals surface area contributed by atoms with Gasteiger partial charge in [-0.1, -0.05) is 6.92 Å². The van der Waals surface area contributed by atoms with Crippen LogP contribution < -0.4 is 11.1 Å². The molecule has 0 unspecified atom stereocenters. The molecule has 0 saturated heterocycles. The van der Waals surface area contributed by atoms with Gasteiger partial charge in [0, 0.05) is 31.6 Å². The molecule has 1 aliphatic rings. The molecule has 0 aromatic heterocycles. The van der Waals surface area contributed by atoms with Gasteiger partial charge in [0.2, 0.25) is 15.9 Å². The van der Waals surface area contributed by atoms with Crippen LogP contribution in [0.4, 0.5) is 0 Å². The van der Waals surface area contributed by atoms with E-state index in [9.17, 15) is 13.2 Å². The molecular weight excluding hydrogens is 266 g/mol. The first-order valence-electron chi connectivity index (χ1n) is 6.77. The summed E-state index contributed by atoms with van der Waals surface area (Å²) >= 11 is 0. The molecule has 0 heterocycles. The minimum Gasteiger partial charge on any atom is -0.356 e. The smallest absolute Gasteiger partial charge is 0.221 e. The quantitative estimate of drug-likeness (QED) is 0.618. The summed E-state index contributed by atoms with van der Waals surface area (Å²) in [6.45, 7) is 3.18. The van der Waals surface area contributed by atoms with E-state index in [1.165, 1.54) is 10.6 Å². The summed E-state index contributed by atoms with van der Waals surface area (Å²) in [6, 6.07) is 0. The van der Waals surface area contributed by atoms with Crippen molar-refractivity contribution in [3.8, 4) is 0 Å². The molecule has 1 amide bonds. The third-order valence-corrected chi connectivity index (χ3v) is 4.97. The number of nitrogens with two attached hydrogens (primary N) is 1. The second-order valence-electron chi connectivity index (χ2n) is 5.35. The van der Waals surface area contributed by atoms with E-state index in [4.69, 9.17) is 5.73 Å². The van der Waals surface area contributed by atoms with Gasteiger partial charge in [0.1, 0.15) is 0 Å². The topological polar surface area (TPSA) is 92.5 Å². The molecule has 19 heavy (non-hydrogen) atoms. The molecule has 112 valence electrons. The van der Waals surface area contributed by atoms with Gasteiger partial charge in [0.15, 0.2) is 0 Å². The Bertz CT molecular complexity index is 404. The second kappa shape index (κ2) is 6.67. The van der Waals surface area contributed by atoms with Crippen LogP contribution in [0.15, 0.2) is 0 Å². The predicted octanol–water partition coefficient (Wildman–Crippen LogP) is 0.0457. The van der Waals surface area contributed by atoms with Crippen molar-refractivity contribution in [2.75, 3.05) is 25.9 Å². The summed E-state index contributed by atoms with van der Waals surface area (Å²) in [7, 11) is -3.14. The van der Waals surface area contributed by atoms with E-state index in [0.717, 1.165) is 19.3 Å². The van der Waals surface area contributed by atoms with Crippen LogP contribution in [0.5, 0.6) is 0 Å². The van der Waals surface area contributed by atoms with Gasteiger partial charge >= 0.3 is 0 Å². The van der Waals surface area contributed by atoms with Crippen molar-refractivity contribution in [2.45, 2.75) is 44.6 Å². The van der Waals surface area contributed by atoms with Gasteiger partial charge in [-0.05, 0) is 25.7 Å². The molecule has 6 nitrogen and oxygen atoms in total. The van der Waals surface area contributed by atoms with E-state index in [2.05, 4.69) is 5.32 Å². The first kappa shape index (κ1) is 16.4. The fourth-order valence-electron chi connectivity index (χ4n) is 2.23. The number of rotatable bonds is 8. The van der Waals surface area contributed by atoms with Crippen LogP contribution >= 0.6 is 0 Å². The molecule has 7 heteroatoms. The molecule has 1 fully saturated rings.